The highest BCUT2D eigenvalue weighted by molar-refractivity contribution is 8.13. The van der Waals surface area contributed by atoms with Crippen molar-refractivity contribution in [2.24, 2.45) is 16.1 Å². The predicted molar refractivity (Wildman–Crippen MR) is 164 cm³/mol. The zero-order valence-electron chi connectivity index (χ0n) is 23.3. The summed E-state index contributed by atoms with van der Waals surface area (Å²) < 4.78 is 21.7. The average molecular weight is 569 g/mol. The summed E-state index contributed by atoms with van der Waals surface area (Å²) in [6.07, 6.45) is 7.32. The summed E-state index contributed by atoms with van der Waals surface area (Å²) in [5, 5.41) is 2.24. The van der Waals surface area contributed by atoms with E-state index in [-0.39, 0.29) is 22.3 Å². The van der Waals surface area contributed by atoms with E-state index in [9.17, 15) is 9.18 Å². The molecule has 3 heterocycles. The standard InChI is InChI=1S/C33H33FN4O2S/c1-3-41(28-8-9-31-23(17-28)12-15-40-31)38-14-11-25-18-29(37-27-6-4-26(34)5-7-27)24(20-35)19-33(25,21-38)32(39)30-16-22(2)10-13-36-30/h3-10,13,16-18,20H,11-12,14-15,19,21,35H2,1-2H3/t33-,41?/m0/s1. The zero-order valence-corrected chi connectivity index (χ0v) is 24.1. The third kappa shape index (κ3) is 5.18. The first-order chi connectivity index (χ1) is 19.9. The van der Waals surface area contributed by atoms with Crippen LogP contribution in [0.1, 0.15) is 41.4 Å². The van der Waals surface area contributed by atoms with Crippen LogP contribution in [-0.2, 0) is 6.42 Å². The smallest absolute Gasteiger partial charge is 0.193 e. The number of fused-ring (bicyclic) bond motifs is 2. The largest absolute Gasteiger partial charge is 0.493 e. The van der Waals surface area contributed by atoms with Crippen molar-refractivity contribution < 1.29 is 13.9 Å². The van der Waals surface area contributed by atoms with Crippen LogP contribution >= 0.6 is 10.7 Å². The lowest BCUT2D eigenvalue weighted by atomic mass is 9.64. The molecule has 2 N–H and O–H groups in total. The molecular formula is C33H33FN4O2S. The number of hydrogen-bond donors (Lipinski definition) is 1. The number of nitrogens with two attached hydrogens (primary N) is 1. The molecule has 0 radical (unpaired) electrons. The third-order valence-electron chi connectivity index (χ3n) is 8.09. The van der Waals surface area contributed by atoms with E-state index in [1.165, 1.54) is 22.6 Å². The van der Waals surface area contributed by atoms with Crippen molar-refractivity contribution in [3.05, 3.63) is 107 Å². The minimum Gasteiger partial charge on any atom is -0.493 e. The van der Waals surface area contributed by atoms with Crippen LogP contribution in [0.4, 0.5) is 10.1 Å². The van der Waals surface area contributed by atoms with Crippen LogP contribution in [0.2, 0.25) is 0 Å². The molecule has 1 aliphatic carbocycles. The first-order valence-corrected chi connectivity index (χ1v) is 15.1. The molecule has 1 fully saturated rings. The fraction of sp³-hybridized carbons (Fsp3) is 0.273. The number of hydrogen-bond acceptors (Lipinski definition) is 6. The maximum atomic E-state index is 14.5. The number of aromatic nitrogens is 1. The Morgan fingerprint density at radius 3 is 2.76 bits per heavy atom. The molecule has 2 aromatic carbocycles. The summed E-state index contributed by atoms with van der Waals surface area (Å²) >= 11 is 0. The minimum absolute atomic E-state index is 0.000612. The first-order valence-electron chi connectivity index (χ1n) is 13.9. The summed E-state index contributed by atoms with van der Waals surface area (Å²) in [7, 11) is -0.311. The molecule has 3 aliphatic rings. The molecular weight excluding hydrogens is 535 g/mol. The molecule has 210 valence electrons. The van der Waals surface area contributed by atoms with E-state index in [0.717, 1.165) is 42.0 Å². The molecule has 1 aromatic heterocycles. The highest BCUT2D eigenvalue weighted by Crippen LogP contribution is 2.50. The van der Waals surface area contributed by atoms with Crippen LogP contribution in [0.3, 0.4) is 0 Å². The van der Waals surface area contributed by atoms with E-state index >= 15 is 0 Å². The summed E-state index contributed by atoms with van der Waals surface area (Å²) in [6.45, 7) is 6.12. The van der Waals surface area contributed by atoms with Crippen molar-refractivity contribution in [2.45, 2.75) is 38.0 Å². The molecule has 0 saturated carbocycles. The lowest BCUT2D eigenvalue weighted by molar-refractivity contribution is 0.0776. The van der Waals surface area contributed by atoms with Crippen LogP contribution in [0.25, 0.3) is 0 Å². The molecule has 2 atom stereocenters. The van der Waals surface area contributed by atoms with Gasteiger partial charge in [-0.05, 0) is 116 Å². The SMILES string of the molecule is C/C=S(\c1ccc2c(c1)CCO2)N1CCC2=CC(=Nc3ccc(F)cc3)C(=CN)C[C@]2(C(=O)c2cc(C)ccn2)C1. The van der Waals surface area contributed by atoms with Gasteiger partial charge in [-0.1, -0.05) is 16.2 Å². The Morgan fingerprint density at radius 2 is 2.00 bits per heavy atom. The Balaban J connectivity index is 1.43. The van der Waals surface area contributed by atoms with Gasteiger partial charge in [-0.2, -0.15) is 0 Å². The van der Waals surface area contributed by atoms with Crippen LogP contribution in [-0.4, -0.2) is 45.8 Å². The molecule has 2 aliphatic heterocycles. The number of aliphatic imine (C=N–C) groups is 1. The zero-order chi connectivity index (χ0) is 28.6. The second-order valence-electron chi connectivity index (χ2n) is 10.7. The lowest BCUT2D eigenvalue weighted by Crippen LogP contribution is -2.50. The Labute approximate surface area is 242 Å². The average Bonchev–Trinajstić information content (AvgIpc) is 3.46. The summed E-state index contributed by atoms with van der Waals surface area (Å²) in [4.78, 5) is 25.0. The van der Waals surface area contributed by atoms with E-state index in [1.807, 2.05) is 25.1 Å². The molecule has 1 unspecified atom stereocenters. The molecule has 41 heavy (non-hydrogen) atoms. The number of ketones is 1. The van der Waals surface area contributed by atoms with Crippen LogP contribution in [0, 0.1) is 18.2 Å². The summed E-state index contributed by atoms with van der Waals surface area (Å²) in [5.74, 6) is 0.652. The van der Waals surface area contributed by atoms with Crippen molar-refractivity contribution in [3.8, 4) is 5.75 Å². The van der Waals surface area contributed by atoms with E-state index in [0.29, 0.717) is 36.5 Å². The van der Waals surface area contributed by atoms with Gasteiger partial charge in [-0.25, -0.2) is 9.38 Å². The fourth-order valence-corrected chi connectivity index (χ4v) is 8.01. The number of nitrogens with zero attached hydrogens (tertiary/aromatic N) is 3. The highest BCUT2D eigenvalue weighted by Gasteiger charge is 2.50. The number of pyridine rings is 1. The van der Waals surface area contributed by atoms with Crippen molar-refractivity contribution in [3.63, 3.8) is 0 Å². The van der Waals surface area contributed by atoms with E-state index in [1.54, 1.807) is 24.5 Å². The van der Waals surface area contributed by atoms with Gasteiger partial charge in [0.2, 0.25) is 0 Å². The summed E-state index contributed by atoms with van der Waals surface area (Å²) in [6, 6.07) is 16.3. The summed E-state index contributed by atoms with van der Waals surface area (Å²) in [5.41, 5.74) is 11.2. The van der Waals surface area contributed by atoms with Crippen molar-refractivity contribution in [1.29, 1.82) is 0 Å². The Kier molecular flexibility index (Phi) is 7.45. The van der Waals surface area contributed by atoms with Gasteiger partial charge in [0.15, 0.2) is 5.78 Å². The predicted octanol–water partition coefficient (Wildman–Crippen LogP) is 6.35. The quantitative estimate of drug-likeness (QED) is 0.287. The van der Waals surface area contributed by atoms with Crippen molar-refractivity contribution >= 4 is 33.2 Å². The molecule has 0 bridgehead atoms. The number of allylic oxidation sites excluding steroid dienone is 2. The number of piperidine rings is 1. The van der Waals surface area contributed by atoms with Gasteiger partial charge in [0.1, 0.15) is 17.3 Å². The van der Waals surface area contributed by atoms with Gasteiger partial charge in [-0.15, -0.1) is 0 Å². The van der Waals surface area contributed by atoms with Gasteiger partial charge in [-0.3, -0.25) is 14.1 Å². The van der Waals surface area contributed by atoms with Crippen molar-refractivity contribution in [2.75, 3.05) is 19.7 Å². The minimum atomic E-state index is -0.833. The maximum absolute atomic E-state index is 14.5. The van der Waals surface area contributed by atoms with E-state index in [4.69, 9.17) is 15.5 Å². The third-order valence-corrected chi connectivity index (χ3v) is 10.1. The van der Waals surface area contributed by atoms with Crippen LogP contribution < -0.4 is 10.5 Å². The number of ether oxygens (including phenoxy) is 1. The topological polar surface area (TPSA) is 80.8 Å². The highest BCUT2D eigenvalue weighted by atomic mass is 32.2. The number of carbonyl (C=O) groups is 1. The monoisotopic (exact) mass is 568 g/mol. The van der Waals surface area contributed by atoms with Gasteiger partial charge < -0.3 is 10.5 Å². The van der Waals surface area contributed by atoms with E-state index in [2.05, 4.69) is 39.8 Å². The number of Topliss-reactive ketones (excluding diaryl/α,β-unsaturated/α-hetero) is 1. The Hall–Kier alpha value is -3.88. The molecule has 6 nitrogen and oxygen atoms in total. The molecule has 1 saturated heterocycles. The second kappa shape index (κ2) is 11.2. The normalized spacial score (nSPS) is 23.1. The number of aryl methyl sites for hydroxylation is 1. The van der Waals surface area contributed by atoms with E-state index < -0.39 is 5.41 Å². The number of benzene rings is 2. The van der Waals surface area contributed by atoms with Crippen molar-refractivity contribution in [1.82, 2.24) is 9.29 Å². The molecule has 0 spiro atoms. The lowest BCUT2D eigenvalue weighted by Gasteiger charge is -2.47. The Bertz CT molecular complexity index is 1640. The van der Waals surface area contributed by atoms with Crippen LogP contribution in [0.15, 0.2) is 94.1 Å². The number of halogens is 1. The van der Waals surface area contributed by atoms with Gasteiger partial charge in [0, 0.05) is 30.6 Å². The van der Waals surface area contributed by atoms with Gasteiger partial charge in [0.25, 0.3) is 0 Å². The molecule has 6 rings (SSSR count). The van der Waals surface area contributed by atoms with Gasteiger partial charge in [0.05, 0.1) is 23.4 Å². The maximum Gasteiger partial charge on any atom is 0.193 e. The first kappa shape index (κ1) is 27.3. The Morgan fingerprint density at radius 1 is 1.17 bits per heavy atom. The number of carbonyl (C=O) groups excluding carboxylic acids is 1. The van der Waals surface area contributed by atoms with Gasteiger partial charge >= 0.3 is 0 Å². The molecule has 0 amide bonds. The molecule has 8 heteroatoms. The second-order valence-corrected chi connectivity index (χ2v) is 12.8. The number of rotatable bonds is 5. The molecule has 3 aromatic rings. The van der Waals surface area contributed by atoms with Crippen LogP contribution in [0.5, 0.6) is 5.75 Å². The fourth-order valence-electron chi connectivity index (χ4n) is 6.02.